The minimum Gasteiger partial charge on any atom is -0.392 e. The highest BCUT2D eigenvalue weighted by Gasteiger charge is 2.07. The molecule has 2 nitrogen and oxygen atoms in total. The molecular weight excluding hydrogens is 302 g/mol. The molecular formula is C16H18BrNO. The first-order valence-corrected chi connectivity index (χ1v) is 7.16. The van der Waals surface area contributed by atoms with Gasteiger partial charge in [0.1, 0.15) is 0 Å². The topological polar surface area (TPSA) is 32.3 Å². The monoisotopic (exact) mass is 319 g/mol. The van der Waals surface area contributed by atoms with Gasteiger partial charge in [0.25, 0.3) is 0 Å². The molecule has 0 aliphatic rings. The van der Waals surface area contributed by atoms with Crippen molar-refractivity contribution in [2.45, 2.75) is 26.1 Å². The maximum Gasteiger partial charge on any atom is 0.0681 e. The van der Waals surface area contributed by atoms with E-state index in [1.807, 2.05) is 36.4 Å². The normalized spacial score (nSPS) is 12.4. The Hall–Kier alpha value is -1.16. The van der Waals surface area contributed by atoms with Gasteiger partial charge in [0, 0.05) is 17.1 Å². The fourth-order valence-corrected chi connectivity index (χ4v) is 2.60. The van der Waals surface area contributed by atoms with Crippen LogP contribution in [0.15, 0.2) is 53.0 Å². The van der Waals surface area contributed by atoms with Crippen LogP contribution in [0.1, 0.15) is 29.7 Å². The Kier molecular flexibility index (Phi) is 5.14. The van der Waals surface area contributed by atoms with Gasteiger partial charge in [-0.15, -0.1) is 0 Å². The first-order chi connectivity index (χ1) is 9.20. The highest BCUT2D eigenvalue weighted by Crippen LogP contribution is 2.22. The Balaban J connectivity index is 1.96. The van der Waals surface area contributed by atoms with Crippen molar-refractivity contribution in [3.8, 4) is 0 Å². The lowest BCUT2D eigenvalue weighted by Crippen LogP contribution is -2.18. The summed E-state index contributed by atoms with van der Waals surface area (Å²) in [6, 6.07) is 16.5. The maximum atomic E-state index is 9.00. The Labute approximate surface area is 122 Å². The maximum absolute atomic E-state index is 9.00. The Morgan fingerprint density at radius 2 is 1.68 bits per heavy atom. The van der Waals surface area contributed by atoms with Crippen LogP contribution < -0.4 is 5.32 Å². The molecule has 0 fully saturated rings. The molecule has 0 radical (unpaired) electrons. The van der Waals surface area contributed by atoms with Gasteiger partial charge in [0.15, 0.2) is 0 Å². The zero-order chi connectivity index (χ0) is 13.7. The van der Waals surface area contributed by atoms with E-state index in [0.717, 1.165) is 16.6 Å². The minimum absolute atomic E-state index is 0.0983. The molecule has 0 aliphatic heterocycles. The van der Waals surface area contributed by atoms with Crippen molar-refractivity contribution in [2.75, 3.05) is 0 Å². The van der Waals surface area contributed by atoms with Crippen molar-refractivity contribution in [1.29, 1.82) is 0 Å². The molecule has 2 N–H and O–H groups in total. The SMILES string of the molecule is CC(NCc1ccc(CO)cc1)c1ccccc1Br. The number of aliphatic hydroxyl groups is 1. The molecule has 0 aliphatic carbocycles. The standard InChI is InChI=1S/C16H18BrNO/c1-12(15-4-2-3-5-16(15)17)18-10-13-6-8-14(11-19)9-7-13/h2-9,12,18-19H,10-11H2,1H3. The third-order valence-corrected chi connectivity index (χ3v) is 3.91. The van der Waals surface area contributed by atoms with Gasteiger partial charge < -0.3 is 10.4 Å². The van der Waals surface area contributed by atoms with Crippen molar-refractivity contribution in [3.05, 3.63) is 69.7 Å². The third kappa shape index (κ3) is 3.90. The van der Waals surface area contributed by atoms with E-state index in [9.17, 15) is 0 Å². The molecule has 3 heteroatoms. The molecule has 0 saturated carbocycles. The molecule has 0 amide bonds. The number of hydrogen-bond donors (Lipinski definition) is 2. The van der Waals surface area contributed by atoms with Gasteiger partial charge in [-0.25, -0.2) is 0 Å². The molecule has 0 heterocycles. The van der Waals surface area contributed by atoms with Crippen LogP contribution in [-0.2, 0) is 13.2 Å². The van der Waals surface area contributed by atoms with Crippen LogP contribution in [0.3, 0.4) is 0 Å². The first kappa shape index (κ1) is 14.3. The van der Waals surface area contributed by atoms with Gasteiger partial charge in [-0.2, -0.15) is 0 Å². The number of halogens is 1. The molecule has 2 rings (SSSR count). The molecule has 0 saturated heterocycles. The Morgan fingerprint density at radius 1 is 1.05 bits per heavy atom. The molecule has 1 atom stereocenters. The molecule has 0 aromatic heterocycles. The van der Waals surface area contributed by atoms with E-state index >= 15 is 0 Å². The summed E-state index contributed by atoms with van der Waals surface area (Å²) in [5.74, 6) is 0. The smallest absolute Gasteiger partial charge is 0.0681 e. The highest BCUT2D eigenvalue weighted by molar-refractivity contribution is 9.10. The van der Waals surface area contributed by atoms with Crippen molar-refractivity contribution >= 4 is 15.9 Å². The zero-order valence-electron chi connectivity index (χ0n) is 10.9. The van der Waals surface area contributed by atoms with Gasteiger partial charge in [-0.05, 0) is 29.7 Å². The average molecular weight is 320 g/mol. The quantitative estimate of drug-likeness (QED) is 0.878. The van der Waals surface area contributed by atoms with Gasteiger partial charge in [0.05, 0.1) is 6.61 Å². The fourth-order valence-electron chi connectivity index (χ4n) is 1.97. The lowest BCUT2D eigenvalue weighted by Gasteiger charge is -2.16. The summed E-state index contributed by atoms with van der Waals surface area (Å²) < 4.78 is 1.13. The van der Waals surface area contributed by atoms with E-state index in [4.69, 9.17) is 5.11 Å². The zero-order valence-corrected chi connectivity index (χ0v) is 12.5. The number of benzene rings is 2. The number of aliphatic hydroxyl groups excluding tert-OH is 1. The minimum atomic E-state index is 0.0983. The van der Waals surface area contributed by atoms with Crippen LogP contribution in [0.4, 0.5) is 0 Å². The second-order valence-electron chi connectivity index (χ2n) is 4.60. The Morgan fingerprint density at radius 3 is 2.32 bits per heavy atom. The first-order valence-electron chi connectivity index (χ1n) is 6.37. The molecule has 19 heavy (non-hydrogen) atoms. The molecule has 100 valence electrons. The number of hydrogen-bond acceptors (Lipinski definition) is 2. The van der Waals surface area contributed by atoms with Crippen molar-refractivity contribution in [3.63, 3.8) is 0 Å². The number of nitrogens with one attached hydrogen (secondary N) is 1. The molecule has 1 unspecified atom stereocenters. The molecule has 2 aromatic carbocycles. The highest BCUT2D eigenvalue weighted by atomic mass is 79.9. The van der Waals surface area contributed by atoms with Crippen molar-refractivity contribution < 1.29 is 5.11 Å². The van der Waals surface area contributed by atoms with E-state index in [0.29, 0.717) is 0 Å². The van der Waals surface area contributed by atoms with Gasteiger partial charge in [0.2, 0.25) is 0 Å². The Bertz CT molecular complexity index is 525. The lowest BCUT2D eigenvalue weighted by molar-refractivity contribution is 0.282. The summed E-state index contributed by atoms with van der Waals surface area (Å²) in [5.41, 5.74) is 3.42. The van der Waals surface area contributed by atoms with E-state index in [-0.39, 0.29) is 12.6 Å². The molecule has 0 bridgehead atoms. The summed E-state index contributed by atoms with van der Waals surface area (Å²) in [5, 5.41) is 12.5. The van der Waals surface area contributed by atoms with E-state index in [2.05, 4.69) is 40.3 Å². The molecule has 0 spiro atoms. The fraction of sp³-hybridized carbons (Fsp3) is 0.250. The second-order valence-corrected chi connectivity index (χ2v) is 5.45. The van der Waals surface area contributed by atoms with Crippen LogP contribution in [0.25, 0.3) is 0 Å². The predicted molar refractivity (Wildman–Crippen MR) is 81.8 cm³/mol. The van der Waals surface area contributed by atoms with E-state index in [1.54, 1.807) is 0 Å². The van der Waals surface area contributed by atoms with E-state index < -0.39 is 0 Å². The number of rotatable bonds is 5. The van der Waals surface area contributed by atoms with Gasteiger partial charge in [-0.3, -0.25) is 0 Å². The van der Waals surface area contributed by atoms with Crippen LogP contribution >= 0.6 is 15.9 Å². The van der Waals surface area contributed by atoms with Gasteiger partial charge >= 0.3 is 0 Å². The largest absolute Gasteiger partial charge is 0.392 e. The predicted octanol–water partition coefficient (Wildman–Crippen LogP) is 3.79. The van der Waals surface area contributed by atoms with E-state index in [1.165, 1.54) is 11.1 Å². The third-order valence-electron chi connectivity index (χ3n) is 3.19. The van der Waals surface area contributed by atoms with Crippen molar-refractivity contribution in [2.24, 2.45) is 0 Å². The summed E-state index contributed by atoms with van der Waals surface area (Å²) in [4.78, 5) is 0. The second kappa shape index (κ2) is 6.85. The summed E-state index contributed by atoms with van der Waals surface area (Å²) in [7, 11) is 0. The summed E-state index contributed by atoms with van der Waals surface area (Å²) in [6.45, 7) is 3.07. The van der Waals surface area contributed by atoms with Crippen LogP contribution in [0, 0.1) is 0 Å². The van der Waals surface area contributed by atoms with Crippen molar-refractivity contribution in [1.82, 2.24) is 5.32 Å². The van der Waals surface area contributed by atoms with Crippen LogP contribution in [0.5, 0.6) is 0 Å². The summed E-state index contributed by atoms with van der Waals surface area (Å²) in [6.07, 6.45) is 0. The summed E-state index contributed by atoms with van der Waals surface area (Å²) >= 11 is 3.57. The van der Waals surface area contributed by atoms with Crippen LogP contribution in [-0.4, -0.2) is 5.11 Å². The lowest BCUT2D eigenvalue weighted by atomic mass is 10.1. The average Bonchev–Trinajstić information content (AvgIpc) is 2.46. The molecule has 2 aromatic rings. The van der Waals surface area contributed by atoms with Crippen LogP contribution in [0.2, 0.25) is 0 Å². The van der Waals surface area contributed by atoms with Gasteiger partial charge in [-0.1, -0.05) is 58.4 Å².